The van der Waals surface area contributed by atoms with Crippen LogP contribution < -0.4 is 10.1 Å². The van der Waals surface area contributed by atoms with Crippen molar-refractivity contribution in [1.82, 2.24) is 5.32 Å². The Morgan fingerprint density at radius 2 is 2.47 bits per heavy atom. The molecule has 2 rings (SSSR count). The van der Waals surface area contributed by atoms with Crippen LogP contribution in [0.3, 0.4) is 0 Å². The molecule has 1 aliphatic heterocycles. The lowest BCUT2D eigenvalue weighted by atomic mass is 10.2. The molecule has 1 aromatic carbocycles. The second-order valence-electron chi connectivity index (χ2n) is 3.76. The molecule has 0 spiro atoms. The molecule has 0 amide bonds. The van der Waals surface area contributed by atoms with Crippen molar-refractivity contribution in [2.75, 3.05) is 26.3 Å². The molecule has 4 nitrogen and oxygen atoms in total. The summed E-state index contributed by atoms with van der Waals surface area (Å²) in [7, 11) is 0. The van der Waals surface area contributed by atoms with E-state index in [-0.39, 0.29) is 6.10 Å². The molecule has 1 fully saturated rings. The minimum absolute atomic E-state index is 0.0955. The van der Waals surface area contributed by atoms with Crippen molar-refractivity contribution in [3.63, 3.8) is 0 Å². The number of nitrogens with zero attached hydrogens (tertiary/aromatic N) is 1. The van der Waals surface area contributed by atoms with Crippen LogP contribution in [0.1, 0.15) is 5.56 Å². The van der Waals surface area contributed by atoms with Crippen LogP contribution in [0, 0.1) is 11.3 Å². The second kappa shape index (κ2) is 6.01. The Kier molecular flexibility index (Phi) is 4.37. The minimum Gasteiger partial charge on any atom is -0.491 e. The fourth-order valence-electron chi connectivity index (χ4n) is 1.59. The molecule has 17 heavy (non-hydrogen) atoms. The minimum atomic E-state index is 0.0955. The molecule has 1 atom stereocenters. The Balaban J connectivity index is 1.90. The van der Waals surface area contributed by atoms with Crippen LogP contribution in [-0.4, -0.2) is 32.4 Å². The third-order valence-corrected chi connectivity index (χ3v) is 3.16. The first-order valence-corrected chi connectivity index (χ1v) is 6.23. The Bertz CT molecular complexity index is 425. The highest BCUT2D eigenvalue weighted by atomic mass is 79.9. The van der Waals surface area contributed by atoms with Gasteiger partial charge in [0.05, 0.1) is 12.2 Å². The molecule has 5 heteroatoms. The van der Waals surface area contributed by atoms with Crippen molar-refractivity contribution in [3.05, 3.63) is 28.2 Å². The van der Waals surface area contributed by atoms with Crippen LogP contribution in [0.15, 0.2) is 22.7 Å². The van der Waals surface area contributed by atoms with Gasteiger partial charge in [0.2, 0.25) is 0 Å². The number of hydrogen-bond donors (Lipinski definition) is 1. The maximum Gasteiger partial charge on any atom is 0.120 e. The molecular weight excluding hydrogens is 284 g/mol. The Hall–Kier alpha value is -1.09. The van der Waals surface area contributed by atoms with Crippen LogP contribution >= 0.6 is 15.9 Å². The number of benzene rings is 1. The fourth-order valence-corrected chi connectivity index (χ4v) is 2.04. The van der Waals surface area contributed by atoms with E-state index in [4.69, 9.17) is 14.7 Å². The summed E-state index contributed by atoms with van der Waals surface area (Å²) in [5, 5.41) is 12.0. The van der Waals surface area contributed by atoms with E-state index in [9.17, 15) is 0 Å². The predicted molar refractivity (Wildman–Crippen MR) is 67.0 cm³/mol. The van der Waals surface area contributed by atoms with Crippen molar-refractivity contribution in [2.45, 2.75) is 6.10 Å². The van der Waals surface area contributed by atoms with Crippen LogP contribution in [0.2, 0.25) is 0 Å². The molecule has 1 heterocycles. The van der Waals surface area contributed by atoms with E-state index in [1.54, 1.807) is 18.2 Å². The summed E-state index contributed by atoms with van der Waals surface area (Å²) in [4.78, 5) is 0. The van der Waals surface area contributed by atoms with Crippen LogP contribution in [-0.2, 0) is 4.74 Å². The van der Waals surface area contributed by atoms with Gasteiger partial charge in [-0.25, -0.2) is 0 Å². The zero-order valence-corrected chi connectivity index (χ0v) is 10.9. The van der Waals surface area contributed by atoms with Crippen molar-refractivity contribution in [3.8, 4) is 11.8 Å². The third kappa shape index (κ3) is 3.43. The summed E-state index contributed by atoms with van der Waals surface area (Å²) >= 11 is 3.33. The largest absolute Gasteiger partial charge is 0.491 e. The summed E-state index contributed by atoms with van der Waals surface area (Å²) in [6, 6.07) is 7.42. The van der Waals surface area contributed by atoms with Crippen LogP contribution in [0.5, 0.6) is 5.75 Å². The van der Waals surface area contributed by atoms with Gasteiger partial charge in [0.25, 0.3) is 0 Å². The van der Waals surface area contributed by atoms with Crippen molar-refractivity contribution in [1.29, 1.82) is 5.26 Å². The molecule has 1 saturated heterocycles. The van der Waals surface area contributed by atoms with E-state index in [0.717, 1.165) is 29.9 Å². The normalized spacial score (nSPS) is 19.6. The van der Waals surface area contributed by atoms with Crippen molar-refractivity contribution in [2.24, 2.45) is 0 Å². The van der Waals surface area contributed by atoms with Gasteiger partial charge in [-0.3, -0.25) is 0 Å². The van der Waals surface area contributed by atoms with Gasteiger partial charge < -0.3 is 14.8 Å². The van der Waals surface area contributed by atoms with Gasteiger partial charge in [-0.1, -0.05) is 0 Å². The first-order valence-electron chi connectivity index (χ1n) is 5.44. The van der Waals surface area contributed by atoms with Crippen molar-refractivity contribution >= 4 is 15.9 Å². The van der Waals surface area contributed by atoms with Gasteiger partial charge in [-0.05, 0) is 34.1 Å². The maximum absolute atomic E-state index is 8.79. The Morgan fingerprint density at radius 1 is 1.59 bits per heavy atom. The molecule has 90 valence electrons. The van der Waals surface area contributed by atoms with Gasteiger partial charge >= 0.3 is 0 Å². The van der Waals surface area contributed by atoms with Gasteiger partial charge in [0.1, 0.15) is 24.5 Å². The smallest absolute Gasteiger partial charge is 0.120 e. The average Bonchev–Trinajstić information content (AvgIpc) is 2.38. The second-order valence-corrected chi connectivity index (χ2v) is 4.62. The van der Waals surface area contributed by atoms with E-state index >= 15 is 0 Å². The van der Waals surface area contributed by atoms with Gasteiger partial charge in [-0.2, -0.15) is 5.26 Å². The lowest BCUT2D eigenvalue weighted by molar-refractivity contribution is 0.000183. The number of nitrogens with one attached hydrogen (secondary N) is 1. The summed E-state index contributed by atoms with van der Waals surface area (Å²) in [5.74, 6) is 0.741. The molecule has 0 aliphatic carbocycles. The molecule has 1 N–H and O–H groups in total. The standard InChI is InChI=1S/C12H13BrN2O2/c13-12-5-10(2-1-9(12)6-14)17-8-11-7-15-3-4-16-11/h1-2,5,11,15H,3-4,7-8H2. The molecule has 1 unspecified atom stereocenters. The van der Waals surface area contributed by atoms with Gasteiger partial charge in [-0.15, -0.1) is 0 Å². The number of hydrogen-bond acceptors (Lipinski definition) is 4. The highest BCUT2D eigenvalue weighted by molar-refractivity contribution is 9.10. The van der Waals surface area contributed by atoms with E-state index in [0.29, 0.717) is 12.2 Å². The molecule has 0 radical (unpaired) electrons. The summed E-state index contributed by atoms with van der Waals surface area (Å²) < 4.78 is 11.9. The number of halogens is 1. The maximum atomic E-state index is 8.79. The molecule has 0 bridgehead atoms. The molecule has 1 aromatic rings. The summed E-state index contributed by atoms with van der Waals surface area (Å²) in [6.07, 6.45) is 0.0955. The topological polar surface area (TPSA) is 54.3 Å². The molecule has 0 aromatic heterocycles. The fraction of sp³-hybridized carbons (Fsp3) is 0.417. The van der Waals surface area contributed by atoms with Crippen LogP contribution in [0.4, 0.5) is 0 Å². The summed E-state index contributed by atoms with van der Waals surface area (Å²) in [6.45, 7) is 2.97. The average molecular weight is 297 g/mol. The lowest BCUT2D eigenvalue weighted by Gasteiger charge is -2.23. The Labute approximate surface area is 109 Å². The quantitative estimate of drug-likeness (QED) is 0.922. The number of morpholine rings is 1. The van der Waals surface area contributed by atoms with E-state index in [1.807, 2.05) is 0 Å². The van der Waals surface area contributed by atoms with E-state index in [2.05, 4.69) is 27.3 Å². The number of nitriles is 1. The first-order chi connectivity index (χ1) is 8.29. The van der Waals surface area contributed by atoms with Crippen LogP contribution in [0.25, 0.3) is 0 Å². The molecule has 0 saturated carbocycles. The SMILES string of the molecule is N#Cc1ccc(OCC2CNCCO2)cc1Br. The highest BCUT2D eigenvalue weighted by Gasteiger charge is 2.14. The highest BCUT2D eigenvalue weighted by Crippen LogP contribution is 2.22. The third-order valence-electron chi connectivity index (χ3n) is 2.50. The first kappa shape index (κ1) is 12.4. The van der Waals surface area contributed by atoms with E-state index < -0.39 is 0 Å². The lowest BCUT2D eigenvalue weighted by Crippen LogP contribution is -2.41. The van der Waals surface area contributed by atoms with Gasteiger partial charge in [0.15, 0.2) is 0 Å². The molecule has 1 aliphatic rings. The zero-order chi connectivity index (χ0) is 12.1. The summed E-state index contributed by atoms with van der Waals surface area (Å²) in [5.41, 5.74) is 0.605. The van der Waals surface area contributed by atoms with Gasteiger partial charge in [0, 0.05) is 17.6 Å². The number of rotatable bonds is 3. The van der Waals surface area contributed by atoms with E-state index in [1.165, 1.54) is 0 Å². The molecular formula is C12H13BrN2O2. The zero-order valence-electron chi connectivity index (χ0n) is 9.28. The predicted octanol–water partition coefficient (Wildman–Crippen LogP) is 1.69. The monoisotopic (exact) mass is 296 g/mol. The Morgan fingerprint density at radius 3 is 3.12 bits per heavy atom. The number of ether oxygens (including phenoxy) is 2. The van der Waals surface area contributed by atoms with Crippen molar-refractivity contribution < 1.29 is 9.47 Å².